The normalized spacial score (nSPS) is 22.7. The summed E-state index contributed by atoms with van der Waals surface area (Å²) in [5.41, 5.74) is 3.04. The number of fused-ring (bicyclic) bond motifs is 1. The first kappa shape index (κ1) is 18.0. The summed E-state index contributed by atoms with van der Waals surface area (Å²) in [5.74, 6) is 0.657. The highest BCUT2D eigenvalue weighted by Gasteiger charge is 2.34. The number of esters is 1. The highest BCUT2D eigenvalue weighted by Crippen LogP contribution is 2.39. The first-order valence-corrected chi connectivity index (χ1v) is 9.34. The van der Waals surface area contributed by atoms with Crippen LogP contribution in [-0.2, 0) is 22.4 Å². The van der Waals surface area contributed by atoms with Gasteiger partial charge in [0.2, 0.25) is 5.91 Å². The lowest BCUT2D eigenvalue weighted by molar-refractivity contribution is -0.133. The maximum absolute atomic E-state index is 12.7. The lowest BCUT2D eigenvalue weighted by Crippen LogP contribution is -2.38. The Bertz CT molecular complexity index is 665. The van der Waals surface area contributed by atoms with E-state index in [9.17, 15) is 9.59 Å². The van der Waals surface area contributed by atoms with Crippen molar-refractivity contribution in [2.75, 3.05) is 20.7 Å². The van der Waals surface area contributed by atoms with Crippen LogP contribution in [0.5, 0.6) is 0 Å². The van der Waals surface area contributed by atoms with Gasteiger partial charge in [-0.25, -0.2) is 4.79 Å². The van der Waals surface area contributed by atoms with E-state index in [-0.39, 0.29) is 17.3 Å². The number of ether oxygens (including phenoxy) is 1. The number of methoxy groups -OCH3 is 1. The lowest BCUT2D eigenvalue weighted by atomic mass is 9.70. The molecule has 2 aliphatic carbocycles. The Morgan fingerprint density at radius 3 is 2.68 bits per heavy atom. The van der Waals surface area contributed by atoms with Crippen molar-refractivity contribution in [3.8, 4) is 0 Å². The maximum Gasteiger partial charge on any atom is 0.337 e. The van der Waals surface area contributed by atoms with Crippen molar-refractivity contribution in [1.29, 1.82) is 0 Å². The Balaban J connectivity index is 1.66. The average Bonchev–Trinajstić information content (AvgIpc) is 2.56. The number of aryl methyl sites for hydroxylation is 1. The largest absolute Gasteiger partial charge is 0.465 e. The van der Waals surface area contributed by atoms with Crippen LogP contribution in [0.25, 0.3) is 0 Å². The number of rotatable bonds is 5. The van der Waals surface area contributed by atoms with Gasteiger partial charge in [0, 0.05) is 20.0 Å². The number of amides is 1. The zero-order valence-electron chi connectivity index (χ0n) is 15.6. The molecule has 3 rings (SSSR count). The van der Waals surface area contributed by atoms with Gasteiger partial charge in [-0.3, -0.25) is 4.79 Å². The maximum atomic E-state index is 12.7. The molecule has 1 fully saturated rings. The van der Waals surface area contributed by atoms with Gasteiger partial charge in [0.1, 0.15) is 0 Å². The summed E-state index contributed by atoms with van der Waals surface area (Å²) in [6.07, 6.45) is 7.24. The Labute approximate surface area is 150 Å². The van der Waals surface area contributed by atoms with E-state index in [0.717, 1.165) is 25.8 Å². The van der Waals surface area contributed by atoms with Gasteiger partial charge in [-0.15, -0.1) is 0 Å². The highest BCUT2D eigenvalue weighted by molar-refractivity contribution is 5.89. The summed E-state index contributed by atoms with van der Waals surface area (Å²) in [6, 6.07) is 5.82. The number of hydrogen-bond acceptors (Lipinski definition) is 3. The van der Waals surface area contributed by atoms with Crippen molar-refractivity contribution in [3.63, 3.8) is 0 Å². The number of carbonyl (C=O) groups excluding carboxylic acids is 2. The molecule has 4 heteroatoms. The molecule has 0 bridgehead atoms. The zero-order valence-corrected chi connectivity index (χ0v) is 15.6. The minimum absolute atomic E-state index is 0.0350. The molecule has 1 aromatic rings. The molecule has 136 valence electrons. The van der Waals surface area contributed by atoms with Gasteiger partial charge in [0.15, 0.2) is 0 Å². The molecule has 4 nitrogen and oxygen atoms in total. The van der Waals surface area contributed by atoms with Crippen molar-refractivity contribution in [3.05, 3.63) is 34.9 Å². The van der Waals surface area contributed by atoms with E-state index in [2.05, 4.69) is 6.92 Å². The quantitative estimate of drug-likeness (QED) is 0.767. The Morgan fingerprint density at radius 2 is 2.04 bits per heavy atom. The van der Waals surface area contributed by atoms with Gasteiger partial charge in [-0.1, -0.05) is 19.4 Å². The van der Waals surface area contributed by atoms with Gasteiger partial charge in [0.25, 0.3) is 0 Å². The molecular weight excluding hydrogens is 314 g/mol. The van der Waals surface area contributed by atoms with Crippen LogP contribution in [0.1, 0.15) is 60.5 Å². The van der Waals surface area contributed by atoms with E-state index >= 15 is 0 Å². The first-order valence-electron chi connectivity index (χ1n) is 9.34. The molecular formula is C21H29NO3. The Hall–Kier alpha value is -1.84. The molecule has 0 radical (unpaired) electrons. The molecule has 0 aromatic heterocycles. The molecule has 0 saturated heterocycles. The third kappa shape index (κ3) is 4.05. The molecule has 1 aromatic carbocycles. The molecule has 0 N–H and O–H groups in total. The predicted octanol–water partition coefficient (Wildman–Crippen LogP) is 3.62. The molecule has 25 heavy (non-hydrogen) atoms. The molecule has 1 amide bonds. The smallest absolute Gasteiger partial charge is 0.337 e. The van der Waals surface area contributed by atoms with Crippen LogP contribution >= 0.6 is 0 Å². The summed E-state index contributed by atoms with van der Waals surface area (Å²) >= 11 is 0. The van der Waals surface area contributed by atoms with E-state index in [0.29, 0.717) is 17.9 Å². The second-order valence-electron chi connectivity index (χ2n) is 8.21. The van der Waals surface area contributed by atoms with Crippen LogP contribution in [0.3, 0.4) is 0 Å². The highest BCUT2D eigenvalue weighted by atomic mass is 16.5. The monoisotopic (exact) mass is 343 g/mol. The molecule has 0 spiro atoms. The minimum atomic E-state index is -0.300. The van der Waals surface area contributed by atoms with Crippen molar-refractivity contribution < 1.29 is 14.3 Å². The minimum Gasteiger partial charge on any atom is -0.465 e. The standard InChI is InChI=1S/C21H29NO3/c1-21(13-19(23)22(2)14-15-5-4-6-15)10-9-16-7-8-17(20(24)25-3)11-18(16)12-21/h7-8,11,15H,4-6,9-10,12-14H2,1-3H3. The third-order valence-electron chi connectivity index (χ3n) is 6.00. The van der Waals surface area contributed by atoms with E-state index in [4.69, 9.17) is 4.74 Å². The first-order chi connectivity index (χ1) is 11.9. The fraction of sp³-hybridized carbons (Fsp3) is 0.619. The molecule has 1 unspecified atom stereocenters. The Kier molecular flexibility index (Phi) is 5.16. The third-order valence-corrected chi connectivity index (χ3v) is 6.00. The van der Waals surface area contributed by atoms with E-state index in [1.165, 1.54) is 37.5 Å². The summed E-state index contributed by atoms with van der Waals surface area (Å²) in [5, 5.41) is 0. The van der Waals surface area contributed by atoms with Crippen molar-refractivity contribution in [2.45, 2.75) is 51.9 Å². The molecule has 0 aliphatic heterocycles. The predicted molar refractivity (Wildman–Crippen MR) is 97.5 cm³/mol. The fourth-order valence-electron chi connectivity index (χ4n) is 4.08. The summed E-state index contributed by atoms with van der Waals surface area (Å²) < 4.78 is 4.83. The topological polar surface area (TPSA) is 46.6 Å². The van der Waals surface area contributed by atoms with E-state index in [1.807, 2.05) is 30.1 Å². The van der Waals surface area contributed by atoms with Crippen LogP contribution < -0.4 is 0 Å². The SMILES string of the molecule is COC(=O)c1ccc2c(c1)CC(C)(CC(=O)N(C)CC1CCC1)CC2. The van der Waals surface area contributed by atoms with Crippen LogP contribution in [0, 0.1) is 11.3 Å². The van der Waals surface area contributed by atoms with Gasteiger partial charge < -0.3 is 9.64 Å². The zero-order chi connectivity index (χ0) is 18.0. The van der Waals surface area contributed by atoms with Crippen molar-refractivity contribution in [2.24, 2.45) is 11.3 Å². The van der Waals surface area contributed by atoms with Gasteiger partial charge >= 0.3 is 5.97 Å². The fourth-order valence-corrected chi connectivity index (χ4v) is 4.08. The van der Waals surface area contributed by atoms with Crippen molar-refractivity contribution in [1.82, 2.24) is 4.90 Å². The summed E-state index contributed by atoms with van der Waals surface area (Å²) in [4.78, 5) is 26.4. The lowest BCUT2D eigenvalue weighted by Gasteiger charge is -2.37. The molecule has 2 aliphatic rings. The second-order valence-corrected chi connectivity index (χ2v) is 8.21. The van der Waals surface area contributed by atoms with E-state index < -0.39 is 0 Å². The molecule has 1 saturated carbocycles. The van der Waals surface area contributed by atoms with Crippen molar-refractivity contribution >= 4 is 11.9 Å². The Morgan fingerprint density at radius 1 is 1.28 bits per heavy atom. The van der Waals surface area contributed by atoms with Crippen LogP contribution in [-0.4, -0.2) is 37.5 Å². The number of hydrogen-bond donors (Lipinski definition) is 0. The van der Waals surface area contributed by atoms with Gasteiger partial charge in [-0.2, -0.15) is 0 Å². The van der Waals surface area contributed by atoms with Gasteiger partial charge in [-0.05, 0) is 66.7 Å². The van der Waals surface area contributed by atoms with Gasteiger partial charge in [0.05, 0.1) is 12.7 Å². The number of carbonyl (C=O) groups is 2. The number of benzene rings is 1. The van der Waals surface area contributed by atoms with Crippen LogP contribution in [0.2, 0.25) is 0 Å². The van der Waals surface area contributed by atoms with E-state index in [1.54, 1.807) is 0 Å². The van der Waals surface area contributed by atoms with Crippen LogP contribution in [0.15, 0.2) is 18.2 Å². The summed E-state index contributed by atoms with van der Waals surface area (Å²) in [6.45, 7) is 3.10. The van der Waals surface area contributed by atoms with Crippen LogP contribution in [0.4, 0.5) is 0 Å². The molecule has 1 atom stereocenters. The molecule has 0 heterocycles. The summed E-state index contributed by atoms with van der Waals surface area (Å²) in [7, 11) is 3.35. The number of nitrogens with zero attached hydrogens (tertiary/aromatic N) is 1. The average molecular weight is 343 g/mol. The second kappa shape index (κ2) is 7.19.